The molecule has 4 heteroatoms. The number of piperidine rings is 1. The summed E-state index contributed by atoms with van der Waals surface area (Å²) in [6, 6.07) is 0. The largest absolute Gasteiger partial charge is 0.462 e. The van der Waals surface area contributed by atoms with Gasteiger partial charge in [0.25, 0.3) is 0 Å². The van der Waals surface area contributed by atoms with E-state index >= 15 is 0 Å². The average molecular weight is 254 g/mol. The lowest BCUT2D eigenvalue weighted by Crippen LogP contribution is -2.43. The summed E-state index contributed by atoms with van der Waals surface area (Å²) in [5, 5.41) is 3.31. The van der Waals surface area contributed by atoms with Crippen LogP contribution in [0.15, 0.2) is 0 Å². The molecule has 2 saturated heterocycles. The zero-order chi connectivity index (χ0) is 13.2. The molecule has 0 aromatic heterocycles. The molecule has 1 N–H and O–H groups in total. The van der Waals surface area contributed by atoms with Gasteiger partial charge in [-0.2, -0.15) is 0 Å². The number of ether oxygens (including phenoxy) is 1. The lowest BCUT2D eigenvalue weighted by Gasteiger charge is -2.34. The maximum atomic E-state index is 12.5. The predicted octanol–water partition coefficient (Wildman–Crippen LogP) is 1.26. The van der Waals surface area contributed by atoms with Crippen LogP contribution in [-0.2, 0) is 9.53 Å². The van der Waals surface area contributed by atoms with Gasteiger partial charge in [-0.25, -0.2) is 0 Å². The lowest BCUT2D eigenvalue weighted by atomic mass is 9.76. The van der Waals surface area contributed by atoms with Crippen molar-refractivity contribution in [2.75, 3.05) is 33.2 Å². The molecule has 1 atom stereocenters. The Hall–Kier alpha value is -0.610. The standard InChI is InChI=1S/C14H26N2O2/c1-11(2)14(6-7-15-10-14)13(17)18-12-4-8-16(3)9-5-12/h11-12,15H,4-10H2,1-3H3. The highest BCUT2D eigenvalue weighted by Crippen LogP contribution is 2.36. The topological polar surface area (TPSA) is 41.6 Å². The van der Waals surface area contributed by atoms with Crippen LogP contribution >= 0.6 is 0 Å². The monoisotopic (exact) mass is 254 g/mol. The number of carbonyl (C=O) groups is 1. The van der Waals surface area contributed by atoms with Gasteiger partial charge in [-0.15, -0.1) is 0 Å². The van der Waals surface area contributed by atoms with E-state index < -0.39 is 0 Å². The molecule has 2 rings (SSSR count). The first-order chi connectivity index (χ1) is 8.54. The molecule has 2 aliphatic rings. The van der Waals surface area contributed by atoms with Crippen molar-refractivity contribution in [2.24, 2.45) is 11.3 Å². The average Bonchev–Trinajstić information content (AvgIpc) is 2.82. The number of hydrogen-bond acceptors (Lipinski definition) is 4. The van der Waals surface area contributed by atoms with E-state index in [1.807, 2.05) is 0 Å². The number of likely N-dealkylation sites (tertiary alicyclic amines) is 1. The second-order valence-electron chi connectivity index (χ2n) is 6.15. The van der Waals surface area contributed by atoms with Crippen LogP contribution in [0.5, 0.6) is 0 Å². The molecular weight excluding hydrogens is 228 g/mol. The first-order valence-electron chi connectivity index (χ1n) is 7.15. The summed E-state index contributed by atoms with van der Waals surface area (Å²) in [6.07, 6.45) is 2.99. The summed E-state index contributed by atoms with van der Waals surface area (Å²) < 4.78 is 5.78. The number of nitrogens with zero attached hydrogens (tertiary/aromatic N) is 1. The van der Waals surface area contributed by atoms with E-state index in [-0.39, 0.29) is 17.5 Å². The zero-order valence-corrected chi connectivity index (χ0v) is 11.9. The van der Waals surface area contributed by atoms with Crippen molar-refractivity contribution in [1.82, 2.24) is 10.2 Å². The summed E-state index contributed by atoms with van der Waals surface area (Å²) in [5.41, 5.74) is -0.288. The SMILES string of the molecule is CC(C)C1(C(=O)OC2CCN(C)CC2)CCNC1. The fourth-order valence-corrected chi connectivity index (χ4v) is 2.99. The second-order valence-corrected chi connectivity index (χ2v) is 6.15. The number of rotatable bonds is 3. The van der Waals surface area contributed by atoms with Gasteiger partial charge in [-0.1, -0.05) is 13.8 Å². The Morgan fingerprint density at radius 3 is 2.56 bits per heavy atom. The Morgan fingerprint density at radius 1 is 1.39 bits per heavy atom. The minimum absolute atomic E-state index is 0.0250. The Kier molecular flexibility index (Phi) is 4.28. The van der Waals surface area contributed by atoms with Crippen molar-refractivity contribution < 1.29 is 9.53 Å². The third-order valence-corrected chi connectivity index (χ3v) is 4.64. The van der Waals surface area contributed by atoms with Crippen LogP contribution in [0.2, 0.25) is 0 Å². The number of nitrogens with one attached hydrogen (secondary N) is 1. The molecule has 0 aliphatic carbocycles. The van der Waals surface area contributed by atoms with E-state index in [4.69, 9.17) is 4.74 Å². The van der Waals surface area contributed by atoms with Crippen LogP contribution in [0.3, 0.4) is 0 Å². The van der Waals surface area contributed by atoms with Gasteiger partial charge in [0, 0.05) is 19.6 Å². The van der Waals surface area contributed by atoms with Crippen molar-refractivity contribution in [3.63, 3.8) is 0 Å². The molecule has 18 heavy (non-hydrogen) atoms. The highest BCUT2D eigenvalue weighted by Gasteiger charge is 2.46. The maximum Gasteiger partial charge on any atom is 0.313 e. The molecule has 2 heterocycles. The van der Waals surface area contributed by atoms with E-state index in [2.05, 4.69) is 31.1 Å². The van der Waals surface area contributed by atoms with Gasteiger partial charge in [0.2, 0.25) is 0 Å². The van der Waals surface area contributed by atoms with Crippen LogP contribution in [-0.4, -0.2) is 50.2 Å². The first-order valence-corrected chi connectivity index (χ1v) is 7.15. The highest BCUT2D eigenvalue weighted by atomic mass is 16.5. The minimum atomic E-state index is -0.288. The third kappa shape index (κ3) is 2.69. The summed E-state index contributed by atoms with van der Waals surface area (Å²) in [7, 11) is 2.12. The normalized spacial score (nSPS) is 30.9. The summed E-state index contributed by atoms with van der Waals surface area (Å²) >= 11 is 0. The third-order valence-electron chi connectivity index (χ3n) is 4.64. The van der Waals surface area contributed by atoms with Crippen molar-refractivity contribution in [3.8, 4) is 0 Å². The molecule has 2 aliphatic heterocycles. The van der Waals surface area contributed by atoms with E-state index in [1.165, 1.54) is 0 Å². The Labute approximate surface area is 110 Å². The molecule has 0 saturated carbocycles. The fourth-order valence-electron chi connectivity index (χ4n) is 2.99. The fraction of sp³-hybridized carbons (Fsp3) is 0.929. The van der Waals surface area contributed by atoms with Gasteiger partial charge in [0.15, 0.2) is 0 Å². The zero-order valence-electron chi connectivity index (χ0n) is 11.9. The van der Waals surface area contributed by atoms with Crippen molar-refractivity contribution in [1.29, 1.82) is 0 Å². The van der Waals surface area contributed by atoms with Crippen molar-refractivity contribution in [2.45, 2.75) is 39.2 Å². The van der Waals surface area contributed by atoms with Gasteiger partial charge >= 0.3 is 5.97 Å². The summed E-state index contributed by atoms with van der Waals surface area (Å²) in [5.74, 6) is 0.364. The molecule has 104 valence electrons. The molecule has 1 unspecified atom stereocenters. The molecule has 0 aromatic rings. The Balaban J connectivity index is 1.94. The van der Waals surface area contributed by atoms with E-state index in [1.54, 1.807) is 0 Å². The van der Waals surface area contributed by atoms with Gasteiger partial charge in [0.05, 0.1) is 5.41 Å². The molecule has 0 spiro atoms. The number of carbonyl (C=O) groups excluding carboxylic acids is 1. The Morgan fingerprint density at radius 2 is 2.06 bits per heavy atom. The molecule has 0 bridgehead atoms. The summed E-state index contributed by atoms with van der Waals surface area (Å²) in [4.78, 5) is 14.8. The molecule has 0 radical (unpaired) electrons. The van der Waals surface area contributed by atoms with E-state index in [0.717, 1.165) is 45.4 Å². The van der Waals surface area contributed by atoms with Crippen molar-refractivity contribution >= 4 is 5.97 Å². The van der Waals surface area contributed by atoms with E-state index in [0.29, 0.717) is 5.92 Å². The van der Waals surface area contributed by atoms with E-state index in [9.17, 15) is 4.79 Å². The van der Waals surface area contributed by atoms with Gasteiger partial charge in [0.1, 0.15) is 6.10 Å². The van der Waals surface area contributed by atoms with Crippen LogP contribution in [0.25, 0.3) is 0 Å². The van der Waals surface area contributed by atoms with Gasteiger partial charge in [-0.3, -0.25) is 4.79 Å². The van der Waals surface area contributed by atoms with Gasteiger partial charge in [-0.05, 0) is 38.8 Å². The molecular formula is C14H26N2O2. The van der Waals surface area contributed by atoms with Crippen LogP contribution in [0.4, 0.5) is 0 Å². The Bertz CT molecular complexity index is 290. The highest BCUT2D eigenvalue weighted by molar-refractivity contribution is 5.78. The lowest BCUT2D eigenvalue weighted by molar-refractivity contribution is -0.165. The molecule has 0 amide bonds. The smallest absolute Gasteiger partial charge is 0.313 e. The molecule has 4 nitrogen and oxygen atoms in total. The van der Waals surface area contributed by atoms with Gasteiger partial charge < -0.3 is 15.0 Å². The first kappa shape index (κ1) is 13.8. The number of esters is 1. The van der Waals surface area contributed by atoms with Crippen molar-refractivity contribution in [3.05, 3.63) is 0 Å². The second kappa shape index (κ2) is 5.57. The number of hydrogen-bond donors (Lipinski definition) is 1. The quantitative estimate of drug-likeness (QED) is 0.770. The van der Waals surface area contributed by atoms with Crippen LogP contribution < -0.4 is 5.32 Å². The van der Waals surface area contributed by atoms with Crippen LogP contribution in [0.1, 0.15) is 33.1 Å². The minimum Gasteiger partial charge on any atom is -0.462 e. The maximum absolute atomic E-state index is 12.5. The van der Waals surface area contributed by atoms with Crippen LogP contribution in [0, 0.1) is 11.3 Å². The summed E-state index contributed by atoms with van der Waals surface area (Å²) in [6.45, 7) is 8.03. The predicted molar refractivity (Wildman–Crippen MR) is 71.4 cm³/mol. The molecule has 0 aromatic carbocycles. The molecule has 2 fully saturated rings.